The van der Waals surface area contributed by atoms with Crippen LogP contribution >= 0.6 is 0 Å². The van der Waals surface area contributed by atoms with Crippen molar-refractivity contribution >= 4 is 17.7 Å². The van der Waals surface area contributed by atoms with E-state index in [9.17, 15) is 14.4 Å². The van der Waals surface area contributed by atoms with E-state index in [0.717, 1.165) is 24.2 Å². The summed E-state index contributed by atoms with van der Waals surface area (Å²) in [5, 5.41) is 2.93. The summed E-state index contributed by atoms with van der Waals surface area (Å²) in [4.78, 5) is 37.4. The van der Waals surface area contributed by atoms with Crippen LogP contribution in [0.1, 0.15) is 47.4 Å². The van der Waals surface area contributed by atoms with Gasteiger partial charge in [0.05, 0.1) is 20.2 Å². The molecule has 1 N–H and O–H groups in total. The summed E-state index contributed by atoms with van der Waals surface area (Å²) in [5.74, 6) is -0.259. The fourth-order valence-electron chi connectivity index (χ4n) is 3.04. The maximum absolute atomic E-state index is 12.6. The Bertz CT molecular complexity index is 677. The lowest BCUT2D eigenvalue weighted by molar-refractivity contribution is -0.140. The molecule has 26 heavy (non-hydrogen) atoms. The molecule has 1 aliphatic carbocycles. The number of carbonyl (C=O) groups excluding carboxylic acids is 3. The summed E-state index contributed by atoms with van der Waals surface area (Å²) in [5.41, 5.74) is 2.56. The Labute approximate surface area is 154 Å². The topological polar surface area (TPSA) is 80.6 Å². The van der Waals surface area contributed by atoms with E-state index >= 15 is 0 Å². The molecule has 7 heteroatoms. The minimum absolute atomic E-state index is 0.000889. The van der Waals surface area contributed by atoms with Gasteiger partial charge in [-0.2, -0.15) is 0 Å². The van der Waals surface area contributed by atoms with E-state index in [1.807, 2.05) is 19.9 Å². The standard InChI is InChI=1S/C19H29N3O4/c1-13-10-16(14(2)22(13)9-5-6-19(25)26-4)17(23)11-21(3)12-18(24)20-15-7-8-15/h10,15H,5-9,11-12H2,1-4H3,(H,20,24). The molecule has 2 rings (SSSR count). The Hall–Kier alpha value is -2.15. The second kappa shape index (κ2) is 8.98. The number of aryl methyl sites for hydroxylation is 1. The molecule has 1 aliphatic rings. The second-order valence-electron chi connectivity index (χ2n) is 7.05. The monoisotopic (exact) mass is 363 g/mol. The first-order valence-corrected chi connectivity index (χ1v) is 9.06. The molecule has 1 saturated carbocycles. The zero-order chi connectivity index (χ0) is 19.3. The van der Waals surface area contributed by atoms with Crippen molar-refractivity contribution in [3.63, 3.8) is 0 Å². The van der Waals surface area contributed by atoms with E-state index in [-0.39, 0.29) is 30.7 Å². The van der Waals surface area contributed by atoms with E-state index in [4.69, 9.17) is 0 Å². The lowest BCUT2D eigenvalue weighted by atomic mass is 10.1. The maximum Gasteiger partial charge on any atom is 0.305 e. The number of hydrogen-bond donors (Lipinski definition) is 1. The van der Waals surface area contributed by atoms with Gasteiger partial charge in [-0.3, -0.25) is 19.3 Å². The molecule has 7 nitrogen and oxygen atoms in total. The quantitative estimate of drug-likeness (QED) is 0.503. The molecule has 144 valence electrons. The van der Waals surface area contributed by atoms with E-state index < -0.39 is 0 Å². The van der Waals surface area contributed by atoms with E-state index in [1.54, 1.807) is 11.9 Å². The van der Waals surface area contributed by atoms with Gasteiger partial charge in [-0.05, 0) is 46.2 Å². The molecule has 0 saturated heterocycles. The molecular formula is C19H29N3O4. The van der Waals surface area contributed by atoms with Crippen molar-refractivity contribution in [2.45, 2.75) is 52.1 Å². The van der Waals surface area contributed by atoms with Crippen LogP contribution in [-0.2, 0) is 20.9 Å². The number of nitrogens with one attached hydrogen (secondary N) is 1. The fourth-order valence-corrected chi connectivity index (χ4v) is 3.04. The van der Waals surface area contributed by atoms with Crippen LogP contribution in [-0.4, -0.2) is 60.4 Å². The van der Waals surface area contributed by atoms with Gasteiger partial charge < -0.3 is 14.6 Å². The molecule has 0 unspecified atom stereocenters. The summed E-state index contributed by atoms with van der Waals surface area (Å²) >= 11 is 0. The third-order valence-corrected chi connectivity index (χ3v) is 4.63. The number of ketones is 1. The predicted octanol–water partition coefficient (Wildman–Crippen LogP) is 1.45. The molecule has 1 heterocycles. The minimum Gasteiger partial charge on any atom is -0.469 e. The Balaban J connectivity index is 1.90. The van der Waals surface area contributed by atoms with Gasteiger partial charge in [-0.25, -0.2) is 0 Å². The highest BCUT2D eigenvalue weighted by Crippen LogP contribution is 2.19. The number of hydrogen-bond acceptors (Lipinski definition) is 5. The predicted molar refractivity (Wildman–Crippen MR) is 98.1 cm³/mol. The molecule has 1 aromatic heterocycles. The zero-order valence-corrected chi connectivity index (χ0v) is 16.1. The number of ether oxygens (including phenoxy) is 1. The number of amides is 1. The van der Waals surface area contributed by atoms with Crippen molar-refractivity contribution in [1.82, 2.24) is 14.8 Å². The second-order valence-corrected chi connectivity index (χ2v) is 7.05. The number of likely N-dealkylation sites (N-methyl/N-ethyl adjacent to an activating group) is 1. The number of nitrogens with zero attached hydrogens (tertiary/aromatic N) is 2. The van der Waals surface area contributed by atoms with Crippen LogP contribution in [0.2, 0.25) is 0 Å². The van der Waals surface area contributed by atoms with Crippen molar-refractivity contribution < 1.29 is 19.1 Å². The first-order chi connectivity index (χ1) is 12.3. The molecule has 1 fully saturated rings. The Kier molecular flexibility index (Phi) is 6.97. The number of carbonyl (C=O) groups is 3. The normalized spacial score (nSPS) is 13.7. The summed E-state index contributed by atoms with van der Waals surface area (Å²) in [6.07, 6.45) is 3.13. The largest absolute Gasteiger partial charge is 0.469 e. The van der Waals surface area contributed by atoms with Crippen LogP contribution in [0.5, 0.6) is 0 Å². The smallest absolute Gasteiger partial charge is 0.305 e. The Morgan fingerprint density at radius 1 is 1.27 bits per heavy atom. The minimum atomic E-state index is -0.227. The lowest BCUT2D eigenvalue weighted by Crippen LogP contribution is -2.38. The van der Waals surface area contributed by atoms with E-state index in [2.05, 4.69) is 14.6 Å². The van der Waals surface area contributed by atoms with Gasteiger partial charge in [0.2, 0.25) is 5.91 Å². The van der Waals surface area contributed by atoms with Gasteiger partial charge in [0.25, 0.3) is 0 Å². The van der Waals surface area contributed by atoms with E-state index in [1.165, 1.54) is 7.11 Å². The average molecular weight is 363 g/mol. The van der Waals surface area contributed by atoms with Gasteiger partial charge in [-0.15, -0.1) is 0 Å². The highest BCUT2D eigenvalue weighted by atomic mass is 16.5. The molecule has 0 radical (unpaired) electrons. The van der Waals surface area contributed by atoms with E-state index in [0.29, 0.717) is 31.0 Å². The first-order valence-electron chi connectivity index (χ1n) is 9.06. The van der Waals surface area contributed by atoms with Gasteiger partial charge in [0, 0.05) is 36.0 Å². The number of esters is 1. The molecule has 1 amide bonds. The van der Waals surface area contributed by atoms with Crippen molar-refractivity contribution in [3.8, 4) is 0 Å². The van der Waals surface area contributed by atoms with Crippen LogP contribution in [0.4, 0.5) is 0 Å². The van der Waals surface area contributed by atoms with Crippen LogP contribution in [0, 0.1) is 13.8 Å². The Morgan fingerprint density at radius 2 is 1.96 bits per heavy atom. The van der Waals surface area contributed by atoms with Gasteiger partial charge >= 0.3 is 5.97 Å². The summed E-state index contributed by atoms with van der Waals surface area (Å²) in [6, 6.07) is 2.21. The van der Waals surface area contributed by atoms with Crippen molar-refractivity contribution in [1.29, 1.82) is 0 Å². The third kappa shape index (κ3) is 5.69. The molecular weight excluding hydrogens is 334 g/mol. The summed E-state index contributed by atoms with van der Waals surface area (Å²) < 4.78 is 6.71. The molecule has 0 aliphatic heterocycles. The number of aromatic nitrogens is 1. The van der Waals surface area contributed by atoms with Crippen LogP contribution < -0.4 is 5.32 Å². The summed E-state index contributed by atoms with van der Waals surface area (Å²) in [7, 11) is 3.16. The lowest BCUT2D eigenvalue weighted by Gasteiger charge is -2.15. The highest BCUT2D eigenvalue weighted by molar-refractivity contribution is 5.99. The van der Waals surface area contributed by atoms with Crippen molar-refractivity contribution in [3.05, 3.63) is 23.0 Å². The Morgan fingerprint density at radius 3 is 2.58 bits per heavy atom. The number of methoxy groups -OCH3 is 1. The van der Waals surface area contributed by atoms with Crippen LogP contribution in [0.3, 0.4) is 0 Å². The first kappa shape index (κ1) is 20.2. The third-order valence-electron chi connectivity index (χ3n) is 4.63. The molecule has 0 atom stereocenters. The van der Waals surface area contributed by atoms with Gasteiger partial charge in [0.15, 0.2) is 5.78 Å². The SMILES string of the molecule is COC(=O)CCCn1c(C)cc(C(=O)CN(C)CC(=O)NC2CC2)c1C. The summed E-state index contributed by atoms with van der Waals surface area (Å²) in [6.45, 7) is 4.96. The molecule has 1 aromatic rings. The zero-order valence-electron chi connectivity index (χ0n) is 16.1. The maximum atomic E-state index is 12.6. The van der Waals surface area contributed by atoms with Gasteiger partial charge in [-0.1, -0.05) is 0 Å². The van der Waals surface area contributed by atoms with Crippen molar-refractivity contribution in [2.75, 3.05) is 27.2 Å². The van der Waals surface area contributed by atoms with Crippen LogP contribution in [0.15, 0.2) is 6.07 Å². The average Bonchev–Trinajstić information content (AvgIpc) is 3.33. The van der Waals surface area contributed by atoms with Gasteiger partial charge in [0.1, 0.15) is 0 Å². The number of rotatable bonds is 10. The molecule has 0 aromatic carbocycles. The molecule has 0 spiro atoms. The molecule has 0 bridgehead atoms. The van der Waals surface area contributed by atoms with Crippen LogP contribution in [0.25, 0.3) is 0 Å². The highest BCUT2D eigenvalue weighted by Gasteiger charge is 2.24. The van der Waals surface area contributed by atoms with Crippen molar-refractivity contribution in [2.24, 2.45) is 0 Å². The fraction of sp³-hybridized carbons (Fsp3) is 0.632. The number of Topliss-reactive ketones (excluding diaryl/α,β-unsaturated/α-hetero) is 1.